The fraction of sp³-hybridized carbons (Fsp3) is 0.818. The molecule has 0 bridgehead atoms. The van der Waals surface area contributed by atoms with Crippen molar-refractivity contribution in [1.29, 1.82) is 0 Å². The Morgan fingerprint density at radius 2 is 2.35 bits per heavy atom. The molecule has 0 aromatic carbocycles. The maximum Gasteiger partial charge on any atom is 0.191 e. The number of ether oxygens (including phenoxy) is 1. The van der Waals surface area contributed by atoms with E-state index < -0.39 is 0 Å². The van der Waals surface area contributed by atoms with E-state index in [-0.39, 0.29) is 0 Å². The Labute approximate surface area is 106 Å². The van der Waals surface area contributed by atoms with Gasteiger partial charge in [-0.1, -0.05) is 11.8 Å². The van der Waals surface area contributed by atoms with Crippen LogP contribution in [0, 0.1) is 0 Å². The molecule has 0 radical (unpaired) electrons. The predicted molar refractivity (Wildman–Crippen MR) is 67.9 cm³/mol. The molecule has 1 unspecified atom stereocenters. The van der Waals surface area contributed by atoms with Crippen molar-refractivity contribution < 1.29 is 4.74 Å². The molecule has 1 aromatic rings. The minimum Gasteiger partial charge on any atom is -0.377 e. The van der Waals surface area contributed by atoms with E-state index in [1.54, 1.807) is 11.8 Å². The first-order valence-corrected chi connectivity index (χ1v) is 7.20. The van der Waals surface area contributed by atoms with E-state index in [1.165, 1.54) is 12.8 Å². The summed E-state index contributed by atoms with van der Waals surface area (Å²) >= 11 is 1.72. The van der Waals surface area contributed by atoms with Crippen LogP contribution in [-0.2, 0) is 17.8 Å². The quantitative estimate of drug-likeness (QED) is 0.807. The number of hydrogen-bond donors (Lipinski definition) is 1. The Balaban J connectivity index is 1.91. The van der Waals surface area contributed by atoms with E-state index >= 15 is 0 Å². The van der Waals surface area contributed by atoms with Gasteiger partial charge in [-0.05, 0) is 26.2 Å². The van der Waals surface area contributed by atoms with Crippen molar-refractivity contribution in [2.75, 3.05) is 12.4 Å². The fourth-order valence-corrected chi connectivity index (χ4v) is 3.09. The summed E-state index contributed by atoms with van der Waals surface area (Å²) < 4.78 is 7.78. The van der Waals surface area contributed by atoms with Gasteiger partial charge in [0, 0.05) is 18.9 Å². The van der Waals surface area contributed by atoms with Gasteiger partial charge in [0.1, 0.15) is 5.82 Å². The molecule has 0 saturated carbocycles. The smallest absolute Gasteiger partial charge is 0.191 e. The van der Waals surface area contributed by atoms with Gasteiger partial charge in [-0.15, -0.1) is 10.2 Å². The predicted octanol–water partition coefficient (Wildman–Crippen LogP) is 1.42. The number of aromatic nitrogens is 3. The van der Waals surface area contributed by atoms with Crippen molar-refractivity contribution in [3.05, 3.63) is 5.82 Å². The molecule has 0 spiro atoms. The minimum atomic E-state index is 0.372. The largest absolute Gasteiger partial charge is 0.377 e. The molecule has 1 atom stereocenters. The second-order valence-corrected chi connectivity index (χ2v) is 5.13. The van der Waals surface area contributed by atoms with E-state index in [4.69, 9.17) is 10.5 Å². The maximum absolute atomic E-state index is 5.70. The molecule has 17 heavy (non-hydrogen) atoms. The fourth-order valence-electron chi connectivity index (χ4n) is 2.00. The van der Waals surface area contributed by atoms with Gasteiger partial charge in [0.05, 0.1) is 12.6 Å². The lowest BCUT2D eigenvalue weighted by atomic mass is 10.1. The summed E-state index contributed by atoms with van der Waals surface area (Å²) in [6.07, 6.45) is 4.01. The summed E-state index contributed by atoms with van der Waals surface area (Å²) in [5.41, 5.74) is 5.62. The molecule has 0 aliphatic carbocycles. The Morgan fingerprint density at radius 1 is 1.47 bits per heavy atom. The Morgan fingerprint density at radius 3 is 3.00 bits per heavy atom. The number of nitrogens with two attached hydrogens (primary N) is 1. The van der Waals surface area contributed by atoms with Crippen LogP contribution >= 0.6 is 11.8 Å². The van der Waals surface area contributed by atoms with E-state index in [1.807, 2.05) is 0 Å². The van der Waals surface area contributed by atoms with Crippen molar-refractivity contribution in [2.45, 2.75) is 50.5 Å². The van der Waals surface area contributed by atoms with E-state index in [0.717, 1.165) is 36.3 Å². The highest BCUT2D eigenvalue weighted by Crippen LogP contribution is 2.22. The normalized spacial score (nSPS) is 20.7. The van der Waals surface area contributed by atoms with Crippen LogP contribution < -0.4 is 5.73 Å². The highest BCUT2D eigenvalue weighted by Gasteiger charge is 2.16. The molecule has 2 N–H and O–H groups in total. The van der Waals surface area contributed by atoms with Gasteiger partial charge < -0.3 is 15.0 Å². The molecule has 1 aromatic heterocycles. The third-order valence-corrected chi connectivity index (χ3v) is 4.06. The van der Waals surface area contributed by atoms with Crippen molar-refractivity contribution in [2.24, 2.45) is 5.73 Å². The average Bonchev–Trinajstić information content (AvgIpc) is 2.79. The van der Waals surface area contributed by atoms with Gasteiger partial charge in [0.15, 0.2) is 5.16 Å². The zero-order valence-corrected chi connectivity index (χ0v) is 11.1. The molecular weight excluding hydrogens is 236 g/mol. The van der Waals surface area contributed by atoms with Crippen LogP contribution in [0.4, 0.5) is 0 Å². The molecule has 6 heteroatoms. The molecule has 1 aliphatic rings. The number of nitrogens with zero attached hydrogens (tertiary/aromatic N) is 3. The summed E-state index contributed by atoms with van der Waals surface area (Å²) in [6, 6.07) is 0. The molecule has 0 amide bonds. The van der Waals surface area contributed by atoms with Crippen LogP contribution in [0.25, 0.3) is 0 Å². The topological polar surface area (TPSA) is 66.0 Å². The van der Waals surface area contributed by atoms with Gasteiger partial charge in [-0.3, -0.25) is 0 Å². The van der Waals surface area contributed by atoms with E-state index in [2.05, 4.69) is 21.7 Å². The second-order valence-electron chi connectivity index (χ2n) is 4.15. The number of thioether (sulfide) groups is 1. The lowest BCUT2D eigenvalue weighted by Gasteiger charge is -2.21. The van der Waals surface area contributed by atoms with Crippen LogP contribution in [-0.4, -0.2) is 33.2 Å². The van der Waals surface area contributed by atoms with Crippen molar-refractivity contribution >= 4 is 11.8 Å². The van der Waals surface area contributed by atoms with E-state index in [0.29, 0.717) is 12.6 Å². The van der Waals surface area contributed by atoms with Gasteiger partial charge in [-0.25, -0.2) is 0 Å². The Bertz CT molecular complexity index is 349. The summed E-state index contributed by atoms with van der Waals surface area (Å²) in [5, 5.41) is 9.24. The standard InChI is InChI=1S/C11H20N4OS/c1-2-15-10(7-12)13-14-11(15)17-8-9-5-3-4-6-16-9/h9H,2-8,12H2,1H3. The molecule has 1 fully saturated rings. The van der Waals surface area contributed by atoms with Gasteiger partial charge >= 0.3 is 0 Å². The zero-order valence-electron chi connectivity index (χ0n) is 10.3. The molecule has 1 aliphatic heterocycles. The number of hydrogen-bond acceptors (Lipinski definition) is 5. The van der Waals surface area contributed by atoms with Crippen LogP contribution in [0.1, 0.15) is 32.0 Å². The third kappa shape index (κ3) is 3.20. The van der Waals surface area contributed by atoms with Crippen LogP contribution in [0.2, 0.25) is 0 Å². The van der Waals surface area contributed by atoms with Gasteiger partial charge in [-0.2, -0.15) is 0 Å². The summed E-state index contributed by atoms with van der Waals surface area (Å²) in [6.45, 7) is 4.30. The Hall–Kier alpha value is -0.590. The summed E-state index contributed by atoms with van der Waals surface area (Å²) in [4.78, 5) is 0. The van der Waals surface area contributed by atoms with Gasteiger partial charge in [0.25, 0.3) is 0 Å². The second kappa shape index (κ2) is 6.37. The lowest BCUT2D eigenvalue weighted by Crippen LogP contribution is -2.21. The van der Waals surface area contributed by atoms with Crippen molar-refractivity contribution in [3.63, 3.8) is 0 Å². The minimum absolute atomic E-state index is 0.372. The van der Waals surface area contributed by atoms with Crippen molar-refractivity contribution in [3.8, 4) is 0 Å². The first-order valence-electron chi connectivity index (χ1n) is 6.21. The monoisotopic (exact) mass is 256 g/mol. The first kappa shape index (κ1) is 12.9. The van der Waals surface area contributed by atoms with Crippen molar-refractivity contribution in [1.82, 2.24) is 14.8 Å². The average molecular weight is 256 g/mol. The molecular formula is C11H20N4OS. The summed E-state index contributed by atoms with van der Waals surface area (Å²) in [5.74, 6) is 1.82. The highest BCUT2D eigenvalue weighted by atomic mass is 32.2. The first-order chi connectivity index (χ1) is 8.35. The Kier molecular flexibility index (Phi) is 4.82. The third-order valence-electron chi connectivity index (χ3n) is 2.96. The van der Waals surface area contributed by atoms with Crippen LogP contribution in [0.15, 0.2) is 5.16 Å². The SMILES string of the molecule is CCn1c(CN)nnc1SCC1CCCCO1. The highest BCUT2D eigenvalue weighted by molar-refractivity contribution is 7.99. The van der Waals surface area contributed by atoms with Crippen LogP contribution in [0.5, 0.6) is 0 Å². The lowest BCUT2D eigenvalue weighted by molar-refractivity contribution is 0.0315. The number of rotatable bonds is 5. The molecule has 2 heterocycles. The molecule has 96 valence electrons. The summed E-state index contributed by atoms with van der Waals surface area (Å²) in [7, 11) is 0. The maximum atomic E-state index is 5.70. The van der Waals surface area contributed by atoms with E-state index in [9.17, 15) is 0 Å². The van der Waals surface area contributed by atoms with Gasteiger partial charge in [0.2, 0.25) is 0 Å². The molecule has 2 rings (SSSR count). The molecule has 5 nitrogen and oxygen atoms in total. The zero-order chi connectivity index (χ0) is 12.1. The molecule has 1 saturated heterocycles. The van der Waals surface area contributed by atoms with Crippen LogP contribution in [0.3, 0.4) is 0 Å².